The van der Waals surface area contributed by atoms with E-state index < -0.39 is 0 Å². The molecule has 0 aliphatic rings. The predicted octanol–water partition coefficient (Wildman–Crippen LogP) is 3.54. The van der Waals surface area contributed by atoms with Crippen molar-refractivity contribution in [2.75, 3.05) is 11.9 Å². The van der Waals surface area contributed by atoms with Gasteiger partial charge in [-0.3, -0.25) is 4.79 Å². The molecule has 6 heteroatoms. The van der Waals surface area contributed by atoms with Crippen LogP contribution in [0.5, 0.6) is 0 Å². The second kappa shape index (κ2) is 7.70. The van der Waals surface area contributed by atoms with Crippen LogP contribution in [0.2, 0.25) is 0 Å². The monoisotopic (exact) mass is 363 g/mol. The summed E-state index contributed by atoms with van der Waals surface area (Å²) in [6.45, 7) is 1.87. The maximum Gasteiger partial charge on any atom is 0.259 e. The molecule has 0 radical (unpaired) electrons. The van der Waals surface area contributed by atoms with Crippen LogP contribution < -0.4 is 10.7 Å². The van der Waals surface area contributed by atoms with E-state index in [9.17, 15) is 9.18 Å². The molecule has 0 fully saturated rings. The van der Waals surface area contributed by atoms with Crippen molar-refractivity contribution in [3.05, 3.63) is 64.4 Å². The fourth-order valence-electron chi connectivity index (χ4n) is 1.69. The Morgan fingerprint density at radius 3 is 2.41 bits per heavy atom. The predicted molar refractivity (Wildman–Crippen MR) is 89.4 cm³/mol. The lowest BCUT2D eigenvalue weighted by Crippen LogP contribution is -2.26. The van der Waals surface area contributed by atoms with Gasteiger partial charge in [0, 0.05) is 10.2 Å². The van der Waals surface area contributed by atoms with Crippen molar-refractivity contribution < 1.29 is 9.18 Å². The van der Waals surface area contributed by atoms with Crippen molar-refractivity contribution in [2.24, 2.45) is 5.10 Å². The SMILES string of the molecule is C/C(=N/NC(=O)CNc1ccc(F)cc1)c1ccc(Br)cc1. The topological polar surface area (TPSA) is 53.5 Å². The van der Waals surface area contributed by atoms with Gasteiger partial charge in [-0.2, -0.15) is 5.10 Å². The molecule has 0 atom stereocenters. The van der Waals surface area contributed by atoms with Gasteiger partial charge >= 0.3 is 0 Å². The fourth-order valence-corrected chi connectivity index (χ4v) is 1.96. The van der Waals surface area contributed by atoms with Gasteiger partial charge in [0.15, 0.2) is 0 Å². The summed E-state index contributed by atoms with van der Waals surface area (Å²) < 4.78 is 13.7. The van der Waals surface area contributed by atoms with Crippen LogP contribution in [0, 0.1) is 5.82 Å². The van der Waals surface area contributed by atoms with Crippen LogP contribution in [0.1, 0.15) is 12.5 Å². The van der Waals surface area contributed by atoms with Gasteiger partial charge in [-0.15, -0.1) is 0 Å². The normalized spacial score (nSPS) is 11.1. The summed E-state index contributed by atoms with van der Waals surface area (Å²) in [6, 6.07) is 13.4. The van der Waals surface area contributed by atoms with Crippen LogP contribution in [0.3, 0.4) is 0 Å². The molecular weight excluding hydrogens is 349 g/mol. The first-order chi connectivity index (χ1) is 10.5. The van der Waals surface area contributed by atoms with Crippen LogP contribution >= 0.6 is 15.9 Å². The van der Waals surface area contributed by atoms with Crippen LogP contribution in [0.15, 0.2) is 58.1 Å². The van der Waals surface area contributed by atoms with E-state index in [1.54, 1.807) is 12.1 Å². The highest BCUT2D eigenvalue weighted by Gasteiger charge is 2.02. The van der Waals surface area contributed by atoms with Gasteiger partial charge in [0.25, 0.3) is 5.91 Å². The molecule has 0 saturated heterocycles. The van der Waals surface area contributed by atoms with E-state index in [0.29, 0.717) is 11.4 Å². The lowest BCUT2D eigenvalue weighted by atomic mass is 10.1. The summed E-state index contributed by atoms with van der Waals surface area (Å²) in [6.07, 6.45) is 0. The Kier molecular flexibility index (Phi) is 5.66. The molecule has 0 spiro atoms. The molecule has 0 saturated carbocycles. The Morgan fingerprint density at radius 1 is 1.14 bits per heavy atom. The second-order valence-electron chi connectivity index (χ2n) is 4.60. The number of amides is 1. The third kappa shape index (κ3) is 4.96. The van der Waals surface area contributed by atoms with Crippen molar-refractivity contribution in [1.82, 2.24) is 5.43 Å². The summed E-state index contributed by atoms with van der Waals surface area (Å²) >= 11 is 3.36. The highest BCUT2D eigenvalue weighted by molar-refractivity contribution is 9.10. The lowest BCUT2D eigenvalue weighted by Gasteiger charge is -2.06. The summed E-state index contributed by atoms with van der Waals surface area (Å²) in [4.78, 5) is 11.7. The van der Waals surface area contributed by atoms with Crippen LogP contribution in [-0.2, 0) is 4.79 Å². The number of hydrogen-bond acceptors (Lipinski definition) is 3. The largest absolute Gasteiger partial charge is 0.376 e. The van der Waals surface area contributed by atoms with Crippen molar-refractivity contribution >= 4 is 33.2 Å². The lowest BCUT2D eigenvalue weighted by molar-refractivity contribution is -0.119. The zero-order chi connectivity index (χ0) is 15.9. The van der Waals surface area contributed by atoms with Crippen molar-refractivity contribution in [3.63, 3.8) is 0 Å². The van der Waals surface area contributed by atoms with Gasteiger partial charge in [-0.05, 0) is 48.9 Å². The molecule has 0 aromatic heterocycles. The van der Waals surface area contributed by atoms with Crippen LogP contribution in [0.25, 0.3) is 0 Å². The Hall–Kier alpha value is -2.21. The van der Waals surface area contributed by atoms with E-state index in [1.165, 1.54) is 12.1 Å². The Labute approximate surface area is 136 Å². The molecule has 2 aromatic rings. The minimum Gasteiger partial charge on any atom is -0.376 e. The van der Waals surface area contributed by atoms with Crippen molar-refractivity contribution in [3.8, 4) is 0 Å². The number of hydrogen-bond donors (Lipinski definition) is 2. The van der Waals surface area contributed by atoms with Gasteiger partial charge in [-0.25, -0.2) is 9.82 Å². The molecule has 0 aliphatic heterocycles. The zero-order valence-corrected chi connectivity index (χ0v) is 13.5. The number of nitrogens with one attached hydrogen (secondary N) is 2. The third-order valence-electron chi connectivity index (χ3n) is 2.91. The standard InChI is InChI=1S/C16H15BrFN3O/c1-11(12-2-4-13(17)5-3-12)20-21-16(22)10-19-15-8-6-14(18)7-9-15/h2-9,19H,10H2,1H3,(H,21,22)/b20-11-. The second-order valence-corrected chi connectivity index (χ2v) is 5.52. The van der Waals surface area contributed by atoms with Gasteiger partial charge in [0.2, 0.25) is 0 Å². The Balaban J connectivity index is 1.85. The average Bonchev–Trinajstić information content (AvgIpc) is 2.52. The average molecular weight is 364 g/mol. The maximum absolute atomic E-state index is 12.8. The van der Waals surface area contributed by atoms with E-state index in [1.807, 2.05) is 31.2 Å². The number of carbonyl (C=O) groups is 1. The Morgan fingerprint density at radius 2 is 1.77 bits per heavy atom. The highest BCUT2D eigenvalue weighted by atomic mass is 79.9. The quantitative estimate of drug-likeness (QED) is 0.630. The number of hydrazone groups is 1. The minimum atomic E-state index is -0.315. The highest BCUT2D eigenvalue weighted by Crippen LogP contribution is 2.11. The molecule has 0 bridgehead atoms. The molecular formula is C16H15BrFN3O. The van der Waals surface area contributed by atoms with E-state index in [2.05, 4.69) is 31.8 Å². The molecule has 2 N–H and O–H groups in total. The molecule has 0 unspecified atom stereocenters. The first-order valence-corrected chi connectivity index (χ1v) is 7.42. The number of benzene rings is 2. The number of anilines is 1. The van der Waals surface area contributed by atoms with Gasteiger partial charge in [0.1, 0.15) is 5.82 Å². The molecule has 2 aromatic carbocycles. The van der Waals surface area contributed by atoms with Gasteiger partial charge in [0.05, 0.1) is 12.3 Å². The Bertz CT molecular complexity index is 669. The zero-order valence-electron chi connectivity index (χ0n) is 11.9. The summed E-state index contributed by atoms with van der Waals surface area (Å²) in [5.74, 6) is -0.592. The van der Waals surface area contributed by atoms with Crippen LogP contribution in [-0.4, -0.2) is 18.2 Å². The molecule has 1 amide bonds. The van der Waals surface area contributed by atoms with Crippen molar-refractivity contribution in [1.29, 1.82) is 0 Å². The number of rotatable bonds is 5. The van der Waals surface area contributed by atoms with Crippen LogP contribution in [0.4, 0.5) is 10.1 Å². The molecule has 22 heavy (non-hydrogen) atoms. The van der Waals surface area contributed by atoms with Crippen molar-refractivity contribution in [2.45, 2.75) is 6.92 Å². The van der Waals surface area contributed by atoms with E-state index in [-0.39, 0.29) is 18.3 Å². The van der Waals surface area contributed by atoms with Gasteiger partial charge in [-0.1, -0.05) is 28.1 Å². The molecule has 0 aliphatic carbocycles. The minimum absolute atomic E-state index is 0.0583. The van der Waals surface area contributed by atoms with E-state index in [4.69, 9.17) is 0 Å². The maximum atomic E-state index is 12.8. The molecule has 0 heterocycles. The smallest absolute Gasteiger partial charge is 0.259 e. The number of halogens is 2. The third-order valence-corrected chi connectivity index (χ3v) is 3.44. The first kappa shape index (κ1) is 16.2. The fraction of sp³-hybridized carbons (Fsp3) is 0.125. The molecule has 2 rings (SSSR count). The van der Waals surface area contributed by atoms with E-state index >= 15 is 0 Å². The summed E-state index contributed by atoms with van der Waals surface area (Å²) in [7, 11) is 0. The number of carbonyl (C=O) groups excluding carboxylic acids is 1. The molecule has 4 nitrogen and oxygen atoms in total. The molecule has 114 valence electrons. The summed E-state index contributed by atoms with van der Waals surface area (Å²) in [5.41, 5.74) is 4.79. The number of nitrogens with zero attached hydrogens (tertiary/aromatic N) is 1. The first-order valence-electron chi connectivity index (χ1n) is 6.63. The van der Waals surface area contributed by atoms with Gasteiger partial charge < -0.3 is 5.32 Å². The summed E-state index contributed by atoms with van der Waals surface area (Å²) in [5, 5.41) is 6.94. The van der Waals surface area contributed by atoms with E-state index in [0.717, 1.165) is 10.0 Å².